The van der Waals surface area contributed by atoms with Crippen molar-refractivity contribution in [1.29, 1.82) is 0 Å². The zero-order valence-corrected chi connectivity index (χ0v) is 8.49. The molecule has 0 fully saturated rings. The van der Waals surface area contributed by atoms with Gasteiger partial charge >= 0.3 is 36.3 Å². The number of alkyl halides is 13. The van der Waals surface area contributed by atoms with Gasteiger partial charge in [0.25, 0.3) is 0 Å². The molecule has 0 unspecified atom stereocenters. The van der Waals surface area contributed by atoms with Crippen molar-refractivity contribution in [3.63, 3.8) is 0 Å². The molecule has 20 heavy (non-hydrogen) atoms. The van der Waals surface area contributed by atoms with E-state index in [-0.39, 0.29) is 5.48 Å². The fourth-order valence-corrected chi connectivity index (χ4v) is 0.722. The average molecular weight is 338 g/mol. The van der Waals surface area contributed by atoms with Gasteiger partial charge in [0.15, 0.2) is 0 Å². The maximum Gasteiger partial charge on any atom is 0.460 e. The molecule has 0 saturated carbocycles. The van der Waals surface area contributed by atoms with Gasteiger partial charge in [-0.05, 0) is 0 Å². The molecule has 0 amide bonds. The Balaban J connectivity index is 0. The molecule has 2 N–H and O–H groups in total. The first-order chi connectivity index (χ1) is 7.94. The van der Waals surface area contributed by atoms with Gasteiger partial charge in [0, 0.05) is 0 Å². The summed E-state index contributed by atoms with van der Waals surface area (Å²) >= 11 is 0. The van der Waals surface area contributed by atoms with Gasteiger partial charge in [0.05, 0.1) is 0 Å². The third kappa shape index (κ3) is 2.61. The van der Waals surface area contributed by atoms with Gasteiger partial charge in [-0.2, -0.15) is 48.3 Å². The SMILES string of the molecule is FC(F)C(F)(F)C(F)(F)C(F)(F)C(F)(F)C(F)(F)F.O. The zero-order chi connectivity index (χ0) is 16.1. The fraction of sp³-hybridized carbons (Fsp3) is 1.00. The highest BCUT2D eigenvalue weighted by Gasteiger charge is 2.88. The Kier molecular flexibility index (Phi) is 5.45. The lowest BCUT2D eigenvalue weighted by Gasteiger charge is -2.36. The Morgan fingerprint density at radius 1 is 0.500 bits per heavy atom. The summed E-state index contributed by atoms with van der Waals surface area (Å²) in [6.45, 7) is 0. The van der Waals surface area contributed by atoms with E-state index in [1.807, 2.05) is 0 Å². The summed E-state index contributed by atoms with van der Waals surface area (Å²) in [4.78, 5) is 0. The van der Waals surface area contributed by atoms with Crippen LogP contribution in [0.2, 0.25) is 0 Å². The van der Waals surface area contributed by atoms with E-state index in [9.17, 15) is 57.1 Å². The summed E-state index contributed by atoms with van der Waals surface area (Å²) in [5, 5.41) is 0. The Hall–Kier alpha value is -0.950. The monoisotopic (exact) mass is 338 g/mol. The molecule has 1 nitrogen and oxygen atoms in total. The van der Waals surface area contributed by atoms with E-state index in [4.69, 9.17) is 0 Å². The lowest BCUT2D eigenvalue weighted by molar-refractivity contribution is -0.430. The first-order valence-corrected chi connectivity index (χ1v) is 3.80. The van der Waals surface area contributed by atoms with Crippen molar-refractivity contribution in [2.45, 2.75) is 36.3 Å². The molecule has 0 aliphatic carbocycles. The molecule has 0 spiro atoms. The van der Waals surface area contributed by atoms with Gasteiger partial charge in [0.2, 0.25) is 0 Å². The molecule has 0 aromatic heterocycles. The molecule has 0 radical (unpaired) electrons. The molecule has 14 heteroatoms. The normalized spacial score (nSPS) is 15.3. The minimum absolute atomic E-state index is 0. The molecule has 0 atom stereocenters. The van der Waals surface area contributed by atoms with Crippen LogP contribution in [0.5, 0.6) is 0 Å². The molecule has 0 aliphatic rings. The van der Waals surface area contributed by atoms with Crippen molar-refractivity contribution in [3.8, 4) is 0 Å². The lowest BCUT2D eigenvalue weighted by Crippen LogP contribution is -2.67. The van der Waals surface area contributed by atoms with E-state index in [1.165, 1.54) is 0 Å². The maximum atomic E-state index is 12.3. The summed E-state index contributed by atoms with van der Waals surface area (Å²) in [6, 6.07) is 0. The van der Waals surface area contributed by atoms with Gasteiger partial charge in [-0.3, -0.25) is 0 Å². The lowest BCUT2D eigenvalue weighted by atomic mass is 9.98. The Bertz CT molecular complexity index is 328. The van der Waals surface area contributed by atoms with Crippen LogP contribution in [0.1, 0.15) is 0 Å². The highest BCUT2D eigenvalue weighted by atomic mass is 19.4. The number of halogens is 13. The minimum Gasteiger partial charge on any atom is -0.412 e. The second-order valence-corrected chi connectivity index (χ2v) is 3.14. The van der Waals surface area contributed by atoms with Crippen LogP contribution in [-0.2, 0) is 0 Å². The highest BCUT2D eigenvalue weighted by molar-refractivity contribution is 5.06. The van der Waals surface area contributed by atoms with Crippen molar-refractivity contribution in [2.75, 3.05) is 0 Å². The van der Waals surface area contributed by atoms with Gasteiger partial charge < -0.3 is 5.48 Å². The van der Waals surface area contributed by atoms with Gasteiger partial charge in [-0.1, -0.05) is 0 Å². The number of rotatable bonds is 4. The van der Waals surface area contributed by atoms with E-state index in [1.54, 1.807) is 0 Å². The molecular formula is C6H3F13O. The Morgan fingerprint density at radius 2 is 0.800 bits per heavy atom. The van der Waals surface area contributed by atoms with Crippen LogP contribution >= 0.6 is 0 Å². The van der Waals surface area contributed by atoms with E-state index >= 15 is 0 Å². The highest BCUT2D eigenvalue weighted by Crippen LogP contribution is 2.58. The summed E-state index contributed by atoms with van der Waals surface area (Å²) in [7, 11) is 0. The van der Waals surface area contributed by atoms with Crippen molar-refractivity contribution < 1.29 is 62.6 Å². The standard InChI is InChI=1S/C6HF13.H2O/c7-1(8)2(9,10)3(11,12)4(13,14)5(15,16)6(17,18)19;/h1H;1H2. The predicted molar refractivity (Wildman–Crippen MR) is 35.5 cm³/mol. The van der Waals surface area contributed by atoms with Crippen LogP contribution in [0, 0.1) is 0 Å². The first-order valence-electron chi connectivity index (χ1n) is 3.80. The van der Waals surface area contributed by atoms with Gasteiger partial charge in [-0.15, -0.1) is 0 Å². The van der Waals surface area contributed by atoms with Crippen LogP contribution in [-0.4, -0.2) is 41.8 Å². The second-order valence-electron chi connectivity index (χ2n) is 3.14. The second kappa shape index (κ2) is 5.11. The summed E-state index contributed by atoms with van der Waals surface area (Å²) < 4.78 is 155. The summed E-state index contributed by atoms with van der Waals surface area (Å²) in [5.41, 5.74) is 0. The molecule has 0 saturated heterocycles. The summed E-state index contributed by atoms with van der Waals surface area (Å²) in [6.07, 6.45) is -12.9. The van der Waals surface area contributed by atoms with Crippen molar-refractivity contribution in [2.24, 2.45) is 0 Å². The van der Waals surface area contributed by atoms with Crippen LogP contribution in [0.4, 0.5) is 57.1 Å². The Morgan fingerprint density at radius 3 is 1.00 bits per heavy atom. The van der Waals surface area contributed by atoms with Crippen molar-refractivity contribution in [3.05, 3.63) is 0 Å². The topological polar surface area (TPSA) is 31.5 Å². The Labute approximate surface area is 100 Å². The van der Waals surface area contributed by atoms with Gasteiger partial charge in [0.1, 0.15) is 0 Å². The third-order valence-electron chi connectivity index (χ3n) is 1.84. The summed E-state index contributed by atoms with van der Waals surface area (Å²) in [5.74, 6) is -30.1. The van der Waals surface area contributed by atoms with Crippen LogP contribution in [0.25, 0.3) is 0 Å². The van der Waals surface area contributed by atoms with Crippen LogP contribution in [0.15, 0.2) is 0 Å². The van der Waals surface area contributed by atoms with E-state index in [0.29, 0.717) is 0 Å². The minimum atomic E-state index is -7.78. The maximum absolute atomic E-state index is 12.3. The van der Waals surface area contributed by atoms with Gasteiger partial charge in [-0.25, -0.2) is 8.78 Å². The van der Waals surface area contributed by atoms with Crippen LogP contribution in [0.3, 0.4) is 0 Å². The average Bonchev–Trinajstić information content (AvgIpc) is 2.14. The van der Waals surface area contributed by atoms with Crippen LogP contribution < -0.4 is 0 Å². The predicted octanol–water partition coefficient (Wildman–Crippen LogP) is 3.53. The molecule has 0 rings (SSSR count). The molecule has 0 heterocycles. The fourth-order valence-electron chi connectivity index (χ4n) is 0.722. The third-order valence-corrected chi connectivity index (χ3v) is 1.84. The molecule has 0 aromatic carbocycles. The van der Waals surface area contributed by atoms with Crippen molar-refractivity contribution >= 4 is 0 Å². The number of hydrogen-bond donors (Lipinski definition) is 0. The molecule has 0 aromatic rings. The van der Waals surface area contributed by atoms with E-state index in [2.05, 4.69) is 0 Å². The molecular weight excluding hydrogens is 335 g/mol. The molecule has 0 aliphatic heterocycles. The first kappa shape index (κ1) is 21.4. The smallest absolute Gasteiger partial charge is 0.412 e. The molecule has 0 bridgehead atoms. The van der Waals surface area contributed by atoms with E-state index in [0.717, 1.165) is 0 Å². The van der Waals surface area contributed by atoms with Crippen molar-refractivity contribution in [1.82, 2.24) is 0 Å². The molecule has 124 valence electrons. The zero-order valence-electron chi connectivity index (χ0n) is 8.49. The largest absolute Gasteiger partial charge is 0.460 e. The quantitative estimate of drug-likeness (QED) is 0.703. The van der Waals surface area contributed by atoms with E-state index < -0.39 is 36.3 Å². The number of hydrogen-bond acceptors (Lipinski definition) is 0.